The molecule has 1 saturated heterocycles. The van der Waals surface area contributed by atoms with Gasteiger partial charge in [0.2, 0.25) is 0 Å². The summed E-state index contributed by atoms with van der Waals surface area (Å²) in [4.78, 5) is 14.1. The molecule has 5 nitrogen and oxygen atoms in total. The van der Waals surface area contributed by atoms with Gasteiger partial charge in [0.25, 0.3) is 5.91 Å². The van der Waals surface area contributed by atoms with E-state index in [2.05, 4.69) is 0 Å². The van der Waals surface area contributed by atoms with E-state index in [1.807, 2.05) is 6.92 Å². The predicted molar refractivity (Wildman–Crippen MR) is 74.8 cm³/mol. The van der Waals surface area contributed by atoms with Crippen LogP contribution in [0.2, 0.25) is 0 Å². The Balaban J connectivity index is 1.96. The van der Waals surface area contributed by atoms with Crippen molar-refractivity contribution in [1.82, 2.24) is 4.90 Å². The van der Waals surface area contributed by atoms with Crippen molar-refractivity contribution in [2.75, 3.05) is 26.3 Å². The summed E-state index contributed by atoms with van der Waals surface area (Å²) in [5.74, 6) is -0.105. The van der Waals surface area contributed by atoms with Crippen LogP contribution in [0, 0.1) is 6.92 Å². The van der Waals surface area contributed by atoms with Crippen molar-refractivity contribution in [3.63, 3.8) is 0 Å². The Morgan fingerprint density at radius 1 is 1.40 bits per heavy atom. The minimum Gasteiger partial charge on any atom is -0.507 e. The summed E-state index contributed by atoms with van der Waals surface area (Å²) in [6.45, 7) is 3.49. The number of carbonyl (C=O) groups is 1. The molecule has 0 aromatic heterocycles. The largest absolute Gasteiger partial charge is 0.507 e. The van der Waals surface area contributed by atoms with Gasteiger partial charge in [-0.3, -0.25) is 4.79 Å². The summed E-state index contributed by atoms with van der Waals surface area (Å²) in [5, 5.41) is 18.5. The third kappa shape index (κ3) is 3.49. The van der Waals surface area contributed by atoms with Crippen LogP contribution in [0.4, 0.5) is 0 Å². The van der Waals surface area contributed by atoms with Crippen LogP contribution >= 0.6 is 0 Å². The van der Waals surface area contributed by atoms with Crippen molar-refractivity contribution in [1.29, 1.82) is 0 Å². The molecule has 110 valence electrons. The average Bonchev–Trinajstić information content (AvgIpc) is 2.47. The molecular weight excluding hydrogens is 258 g/mol. The topological polar surface area (TPSA) is 70.0 Å². The molecule has 0 unspecified atom stereocenters. The first kappa shape index (κ1) is 14.8. The second kappa shape index (κ2) is 6.72. The molecule has 1 heterocycles. The van der Waals surface area contributed by atoms with Gasteiger partial charge in [-0.1, -0.05) is 11.6 Å². The van der Waals surface area contributed by atoms with Crippen molar-refractivity contribution in [2.24, 2.45) is 0 Å². The van der Waals surface area contributed by atoms with Crippen molar-refractivity contribution in [2.45, 2.75) is 25.9 Å². The summed E-state index contributed by atoms with van der Waals surface area (Å²) < 4.78 is 5.47. The summed E-state index contributed by atoms with van der Waals surface area (Å²) in [5.41, 5.74) is 1.31. The molecule has 1 fully saturated rings. The molecule has 0 bridgehead atoms. The molecule has 1 aliphatic rings. The quantitative estimate of drug-likeness (QED) is 0.872. The zero-order valence-electron chi connectivity index (χ0n) is 11.7. The molecule has 1 aromatic rings. The van der Waals surface area contributed by atoms with Crippen molar-refractivity contribution in [3.8, 4) is 5.75 Å². The number of piperidine rings is 1. The van der Waals surface area contributed by atoms with Gasteiger partial charge in [0.1, 0.15) is 5.75 Å². The fraction of sp³-hybridized carbons (Fsp3) is 0.533. The summed E-state index contributed by atoms with van der Waals surface area (Å²) in [6, 6.07) is 5.05. The van der Waals surface area contributed by atoms with Gasteiger partial charge >= 0.3 is 0 Å². The van der Waals surface area contributed by atoms with E-state index in [1.54, 1.807) is 23.1 Å². The van der Waals surface area contributed by atoms with E-state index in [0.717, 1.165) is 18.4 Å². The molecule has 0 aliphatic carbocycles. The van der Waals surface area contributed by atoms with Crippen molar-refractivity contribution >= 4 is 5.91 Å². The standard InChI is InChI=1S/C15H21NO4/c1-11-2-3-14(18)13(10-11)15(19)16-6-4-12(5-7-16)20-9-8-17/h2-3,10,12,17-18H,4-9H2,1H3. The number of carbonyl (C=O) groups excluding carboxylic acids is 1. The highest BCUT2D eigenvalue weighted by Crippen LogP contribution is 2.22. The van der Waals surface area contributed by atoms with E-state index in [1.165, 1.54) is 0 Å². The number of aryl methyl sites for hydroxylation is 1. The number of aromatic hydroxyl groups is 1. The molecule has 0 saturated carbocycles. The lowest BCUT2D eigenvalue weighted by molar-refractivity contribution is -0.00558. The van der Waals surface area contributed by atoms with Gasteiger partial charge in [0, 0.05) is 13.1 Å². The highest BCUT2D eigenvalue weighted by Gasteiger charge is 2.25. The van der Waals surface area contributed by atoms with Crippen molar-refractivity contribution < 1.29 is 19.7 Å². The number of hydrogen-bond donors (Lipinski definition) is 2. The second-order valence-corrected chi connectivity index (χ2v) is 5.11. The smallest absolute Gasteiger partial charge is 0.257 e. The molecule has 0 spiro atoms. The number of ether oxygens (including phenoxy) is 1. The number of hydrogen-bond acceptors (Lipinski definition) is 4. The highest BCUT2D eigenvalue weighted by atomic mass is 16.5. The summed E-state index contributed by atoms with van der Waals surface area (Å²) >= 11 is 0. The Bertz CT molecular complexity index is 467. The van der Waals surface area contributed by atoms with Crippen LogP contribution in [0.3, 0.4) is 0 Å². The zero-order valence-corrected chi connectivity index (χ0v) is 11.7. The molecule has 20 heavy (non-hydrogen) atoms. The van der Waals surface area contributed by atoms with E-state index in [4.69, 9.17) is 9.84 Å². The second-order valence-electron chi connectivity index (χ2n) is 5.11. The van der Waals surface area contributed by atoms with Gasteiger partial charge in [0.05, 0.1) is 24.9 Å². The van der Waals surface area contributed by atoms with E-state index in [0.29, 0.717) is 25.3 Å². The third-order valence-corrected chi connectivity index (χ3v) is 3.56. The van der Waals surface area contributed by atoms with Crippen LogP contribution in [-0.2, 0) is 4.74 Å². The normalized spacial score (nSPS) is 16.4. The lowest BCUT2D eigenvalue weighted by atomic mass is 10.0. The zero-order chi connectivity index (χ0) is 14.5. The number of nitrogens with zero attached hydrogens (tertiary/aromatic N) is 1. The highest BCUT2D eigenvalue weighted by molar-refractivity contribution is 5.97. The van der Waals surface area contributed by atoms with Crippen LogP contribution in [0.25, 0.3) is 0 Å². The Labute approximate surface area is 118 Å². The van der Waals surface area contributed by atoms with Crippen molar-refractivity contribution in [3.05, 3.63) is 29.3 Å². The van der Waals surface area contributed by atoms with Crippen LogP contribution in [-0.4, -0.2) is 53.4 Å². The number of rotatable bonds is 4. The van der Waals surface area contributed by atoms with Crippen LogP contribution in [0.15, 0.2) is 18.2 Å². The lowest BCUT2D eigenvalue weighted by Gasteiger charge is -2.32. The maximum absolute atomic E-state index is 12.4. The first-order chi connectivity index (χ1) is 9.61. The minimum absolute atomic E-state index is 0.0241. The molecule has 2 N–H and O–H groups in total. The van der Waals surface area contributed by atoms with Crippen LogP contribution in [0.5, 0.6) is 5.75 Å². The maximum atomic E-state index is 12.4. The van der Waals surface area contributed by atoms with E-state index >= 15 is 0 Å². The van der Waals surface area contributed by atoms with E-state index in [9.17, 15) is 9.90 Å². The molecule has 0 atom stereocenters. The van der Waals surface area contributed by atoms with Crippen LogP contribution in [0.1, 0.15) is 28.8 Å². The van der Waals surface area contributed by atoms with Crippen LogP contribution < -0.4 is 0 Å². The number of amides is 1. The minimum atomic E-state index is -0.133. The molecule has 1 aliphatic heterocycles. The van der Waals surface area contributed by atoms with E-state index in [-0.39, 0.29) is 24.4 Å². The van der Waals surface area contributed by atoms with Gasteiger partial charge in [-0.05, 0) is 31.9 Å². The molecule has 2 rings (SSSR count). The number of aliphatic hydroxyl groups is 1. The molecule has 0 radical (unpaired) electrons. The van der Waals surface area contributed by atoms with Gasteiger partial charge < -0.3 is 19.8 Å². The Morgan fingerprint density at radius 2 is 2.10 bits per heavy atom. The van der Waals surface area contributed by atoms with Gasteiger partial charge in [0.15, 0.2) is 0 Å². The maximum Gasteiger partial charge on any atom is 0.257 e. The van der Waals surface area contributed by atoms with Gasteiger partial charge in [-0.25, -0.2) is 0 Å². The Kier molecular flexibility index (Phi) is 4.98. The number of phenols is 1. The molecular formula is C15H21NO4. The first-order valence-electron chi connectivity index (χ1n) is 6.93. The van der Waals surface area contributed by atoms with Gasteiger partial charge in [-0.2, -0.15) is 0 Å². The average molecular weight is 279 g/mol. The number of likely N-dealkylation sites (tertiary alicyclic amines) is 1. The summed E-state index contributed by atoms with van der Waals surface area (Å²) in [6.07, 6.45) is 1.63. The number of benzene rings is 1. The Hall–Kier alpha value is -1.59. The van der Waals surface area contributed by atoms with Gasteiger partial charge in [-0.15, -0.1) is 0 Å². The number of phenolic OH excluding ortho intramolecular Hbond substituents is 1. The monoisotopic (exact) mass is 279 g/mol. The predicted octanol–water partition coefficient (Wildman–Crippen LogP) is 1.31. The molecule has 1 amide bonds. The first-order valence-corrected chi connectivity index (χ1v) is 6.93. The Morgan fingerprint density at radius 3 is 2.75 bits per heavy atom. The fourth-order valence-corrected chi connectivity index (χ4v) is 2.44. The summed E-state index contributed by atoms with van der Waals surface area (Å²) in [7, 11) is 0. The SMILES string of the molecule is Cc1ccc(O)c(C(=O)N2CCC(OCCO)CC2)c1. The molecule has 5 heteroatoms. The number of aliphatic hydroxyl groups excluding tert-OH is 1. The fourth-order valence-electron chi connectivity index (χ4n) is 2.44. The molecule has 1 aromatic carbocycles. The lowest BCUT2D eigenvalue weighted by Crippen LogP contribution is -2.41. The van der Waals surface area contributed by atoms with E-state index < -0.39 is 0 Å². The third-order valence-electron chi connectivity index (χ3n) is 3.56.